The molecule has 5 heteroatoms. The first-order valence-corrected chi connectivity index (χ1v) is 7.28. The monoisotopic (exact) mass is 290 g/mol. The van der Waals surface area contributed by atoms with Gasteiger partial charge >= 0.3 is 5.97 Å². The first kappa shape index (κ1) is 15.5. The van der Waals surface area contributed by atoms with E-state index in [0.717, 1.165) is 19.4 Å². The molecule has 0 aromatic heterocycles. The van der Waals surface area contributed by atoms with E-state index in [1.165, 1.54) is 12.7 Å². The summed E-state index contributed by atoms with van der Waals surface area (Å²) in [4.78, 5) is 25.5. The Balaban J connectivity index is 1.82. The van der Waals surface area contributed by atoms with Gasteiger partial charge in [0.2, 0.25) is 5.91 Å². The number of likely N-dealkylation sites (tertiary alicyclic amines) is 1. The van der Waals surface area contributed by atoms with E-state index < -0.39 is 12.0 Å². The van der Waals surface area contributed by atoms with Crippen molar-refractivity contribution in [3.05, 3.63) is 35.9 Å². The number of benzene rings is 1. The van der Waals surface area contributed by atoms with Gasteiger partial charge in [-0.25, -0.2) is 0 Å². The van der Waals surface area contributed by atoms with Crippen LogP contribution in [0.3, 0.4) is 0 Å². The normalized spacial score (nSPS) is 19.6. The molecule has 1 fully saturated rings. The van der Waals surface area contributed by atoms with Crippen LogP contribution in [0.2, 0.25) is 0 Å². The number of carbonyl (C=O) groups excluding carboxylic acids is 2. The number of methoxy groups -OCH3 is 1. The van der Waals surface area contributed by atoms with Crippen LogP contribution in [0.25, 0.3) is 0 Å². The van der Waals surface area contributed by atoms with Gasteiger partial charge in [-0.05, 0) is 24.8 Å². The van der Waals surface area contributed by atoms with Crippen molar-refractivity contribution in [2.24, 2.45) is 11.7 Å². The summed E-state index contributed by atoms with van der Waals surface area (Å²) in [6.07, 6.45) is 1.98. The Morgan fingerprint density at radius 1 is 1.43 bits per heavy atom. The molecule has 0 saturated carbocycles. The van der Waals surface area contributed by atoms with E-state index in [4.69, 9.17) is 5.73 Å². The topological polar surface area (TPSA) is 72.6 Å². The fourth-order valence-electron chi connectivity index (χ4n) is 2.71. The molecule has 0 aliphatic carbocycles. The summed E-state index contributed by atoms with van der Waals surface area (Å²) >= 11 is 0. The van der Waals surface area contributed by atoms with Crippen LogP contribution in [0.5, 0.6) is 0 Å². The van der Waals surface area contributed by atoms with Gasteiger partial charge in [0, 0.05) is 19.0 Å². The number of nitrogens with two attached hydrogens (primary N) is 1. The lowest BCUT2D eigenvalue weighted by molar-refractivity contribution is -0.142. The standard InChI is InChI=1S/C16H22N2O3/c1-21-16(20)14(17)11-13-8-10-18(15(13)19)9-7-12-5-3-2-4-6-12/h2-6,13-14H,7-11,17H2,1H3. The van der Waals surface area contributed by atoms with Crippen molar-refractivity contribution in [2.45, 2.75) is 25.3 Å². The molecule has 0 bridgehead atoms. The van der Waals surface area contributed by atoms with Crippen molar-refractivity contribution in [2.75, 3.05) is 20.2 Å². The van der Waals surface area contributed by atoms with Gasteiger partial charge in [0.05, 0.1) is 7.11 Å². The molecule has 5 nitrogen and oxygen atoms in total. The van der Waals surface area contributed by atoms with Crippen molar-refractivity contribution in [3.63, 3.8) is 0 Å². The fraction of sp³-hybridized carbons (Fsp3) is 0.500. The average molecular weight is 290 g/mol. The molecule has 114 valence electrons. The van der Waals surface area contributed by atoms with Crippen molar-refractivity contribution in [1.29, 1.82) is 0 Å². The quantitative estimate of drug-likeness (QED) is 0.792. The van der Waals surface area contributed by atoms with Crippen LogP contribution in [0, 0.1) is 5.92 Å². The summed E-state index contributed by atoms with van der Waals surface area (Å²) in [6, 6.07) is 9.39. The van der Waals surface area contributed by atoms with E-state index in [1.807, 2.05) is 23.1 Å². The Morgan fingerprint density at radius 2 is 2.14 bits per heavy atom. The van der Waals surface area contributed by atoms with Crippen molar-refractivity contribution in [1.82, 2.24) is 4.90 Å². The molecular weight excluding hydrogens is 268 g/mol. The highest BCUT2D eigenvalue weighted by Crippen LogP contribution is 2.22. The number of nitrogens with zero attached hydrogens (tertiary/aromatic N) is 1. The van der Waals surface area contributed by atoms with Crippen LogP contribution in [0.15, 0.2) is 30.3 Å². The van der Waals surface area contributed by atoms with Gasteiger partial charge in [-0.2, -0.15) is 0 Å². The molecule has 1 aromatic carbocycles. The highest BCUT2D eigenvalue weighted by atomic mass is 16.5. The first-order valence-electron chi connectivity index (χ1n) is 7.28. The van der Waals surface area contributed by atoms with Crippen LogP contribution in [-0.2, 0) is 20.7 Å². The third-order valence-corrected chi connectivity index (χ3v) is 3.96. The molecule has 1 aromatic rings. The van der Waals surface area contributed by atoms with Crippen molar-refractivity contribution >= 4 is 11.9 Å². The lowest BCUT2D eigenvalue weighted by Crippen LogP contribution is -2.36. The second kappa shape index (κ2) is 7.22. The Bertz CT molecular complexity index is 490. The minimum absolute atomic E-state index is 0.102. The van der Waals surface area contributed by atoms with Crippen LogP contribution in [-0.4, -0.2) is 43.0 Å². The molecule has 2 rings (SSSR count). The zero-order valence-electron chi connectivity index (χ0n) is 12.3. The SMILES string of the molecule is COC(=O)C(N)CC1CCN(CCc2ccccc2)C1=O. The van der Waals surface area contributed by atoms with Gasteiger partial charge in [-0.1, -0.05) is 30.3 Å². The van der Waals surface area contributed by atoms with Gasteiger partial charge in [0.15, 0.2) is 0 Å². The molecular formula is C16H22N2O3. The number of hydrogen-bond donors (Lipinski definition) is 1. The third kappa shape index (κ3) is 4.04. The Morgan fingerprint density at radius 3 is 2.81 bits per heavy atom. The predicted molar refractivity (Wildman–Crippen MR) is 79.4 cm³/mol. The molecule has 1 saturated heterocycles. The molecule has 2 N–H and O–H groups in total. The van der Waals surface area contributed by atoms with Crippen LogP contribution in [0.1, 0.15) is 18.4 Å². The van der Waals surface area contributed by atoms with Crippen molar-refractivity contribution in [3.8, 4) is 0 Å². The Labute approximate surface area is 125 Å². The summed E-state index contributed by atoms with van der Waals surface area (Å²) in [5, 5.41) is 0. The molecule has 1 amide bonds. The van der Waals surface area contributed by atoms with E-state index >= 15 is 0 Å². The Kier molecular flexibility index (Phi) is 5.33. The molecule has 2 unspecified atom stereocenters. The maximum absolute atomic E-state index is 12.3. The summed E-state index contributed by atoms with van der Waals surface area (Å²) in [5.74, 6) is -0.509. The van der Waals surface area contributed by atoms with E-state index in [0.29, 0.717) is 13.0 Å². The highest BCUT2D eigenvalue weighted by Gasteiger charge is 2.33. The molecule has 0 spiro atoms. The van der Waals surface area contributed by atoms with Crippen LogP contribution >= 0.6 is 0 Å². The number of esters is 1. The highest BCUT2D eigenvalue weighted by molar-refractivity contribution is 5.82. The van der Waals surface area contributed by atoms with E-state index in [9.17, 15) is 9.59 Å². The maximum Gasteiger partial charge on any atom is 0.322 e. The van der Waals surface area contributed by atoms with Gasteiger partial charge in [-0.3, -0.25) is 9.59 Å². The van der Waals surface area contributed by atoms with Gasteiger partial charge in [0.1, 0.15) is 6.04 Å². The van der Waals surface area contributed by atoms with E-state index in [-0.39, 0.29) is 11.8 Å². The smallest absolute Gasteiger partial charge is 0.322 e. The summed E-state index contributed by atoms with van der Waals surface area (Å²) in [6.45, 7) is 1.46. The second-order valence-corrected chi connectivity index (χ2v) is 5.41. The second-order valence-electron chi connectivity index (χ2n) is 5.41. The summed E-state index contributed by atoms with van der Waals surface area (Å²) in [7, 11) is 1.31. The molecule has 2 atom stereocenters. The van der Waals surface area contributed by atoms with Gasteiger partial charge < -0.3 is 15.4 Å². The number of carbonyl (C=O) groups is 2. The third-order valence-electron chi connectivity index (χ3n) is 3.96. The van der Waals surface area contributed by atoms with Gasteiger partial charge in [0.25, 0.3) is 0 Å². The fourth-order valence-corrected chi connectivity index (χ4v) is 2.71. The lowest BCUT2D eigenvalue weighted by atomic mass is 9.99. The lowest BCUT2D eigenvalue weighted by Gasteiger charge is -2.17. The molecule has 1 aliphatic rings. The number of amides is 1. The van der Waals surface area contributed by atoms with E-state index in [2.05, 4.69) is 16.9 Å². The predicted octanol–water partition coefficient (Wildman–Crippen LogP) is 0.968. The Hall–Kier alpha value is -1.88. The zero-order chi connectivity index (χ0) is 15.2. The molecule has 1 heterocycles. The minimum atomic E-state index is -0.710. The average Bonchev–Trinajstić information content (AvgIpc) is 2.86. The number of rotatable bonds is 6. The molecule has 0 radical (unpaired) electrons. The van der Waals surface area contributed by atoms with Crippen molar-refractivity contribution < 1.29 is 14.3 Å². The van der Waals surface area contributed by atoms with Crippen LogP contribution < -0.4 is 5.73 Å². The van der Waals surface area contributed by atoms with Crippen LogP contribution in [0.4, 0.5) is 0 Å². The number of ether oxygens (including phenoxy) is 1. The molecule has 1 aliphatic heterocycles. The maximum atomic E-state index is 12.3. The largest absolute Gasteiger partial charge is 0.468 e. The van der Waals surface area contributed by atoms with E-state index in [1.54, 1.807) is 0 Å². The number of hydrogen-bond acceptors (Lipinski definition) is 4. The molecule has 21 heavy (non-hydrogen) atoms. The minimum Gasteiger partial charge on any atom is -0.468 e. The van der Waals surface area contributed by atoms with Gasteiger partial charge in [-0.15, -0.1) is 0 Å². The summed E-state index contributed by atoms with van der Waals surface area (Å²) < 4.78 is 4.60. The zero-order valence-corrected chi connectivity index (χ0v) is 12.3. The summed E-state index contributed by atoms with van der Waals surface area (Å²) in [5.41, 5.74) is 6.96. The first-order chi connectivity index (χ1) is 10.1.